The molecule has 2 aromatic rings. The third-order valence-electron chi connectivity index (χ3n) is 9.21. The molecular formula is C39H54O3. The Morgan fingerprint density at radius 2 is 1.26 bits per heavy atom. The first kappa shape index (κ1) is 33.3. The molecule has 2 aromatic carbocycles. The van der Waals surface area contributed by atoms with Crippen LogP contribution in [0.5, 0.6) is 17.2 Å². The van der Waals surface area contributed by atoms with Crippen molar-refractivity contribution in [1.82, 2.24) is 0 Å². The van der Waals surface area contributed by atoms with Gasteiger partial charge in [-0.3, -0.25) is 0 Å². The van der Waals surface area contributed by atoms with Gasteiger partial charge in [-0.25, -0.2) is 0 Å². The van der Waals surface area contributed by atoms with Crippen molar-refractivity contribution in [2.45, 2.75) is 112 Å². The van der Waals surface area contributed by atoms with E-state index >= 15 is 0 Å². The van der Waals surface area contributed by atoms with E-state index in [2.05, 4.69) is 72.9 Å². The largest absolute Gasteiger partial charge is 0.508 e. The van der Waals surface area contributed by atoms with Gasteiger partial charge in [0.25, 0.3) is 0 Å². The van der Waals surface area contributed by atoms with E-state index in [-0.39, 0.29) is 23.3 Å². The summed E-state index contributed by atoms with van der Waals surface area (Å²) in [6.07, 6.45) is 13.4. The van der Waals surface area contributed by atoms with Gasteiger partial charge in [-0.2, -0.15) is 0 Å². The van der Waals surface area contributed by atoms with E-state index in [0.717, 1.165) is 67.2 Å². The molecule has 2 aliphatic rings. The fourth-order valence-electron chi connectivity index (χ4n) is 7.04. The van der Waals surface area contributed by atoms with E-state index in [1.54, 1.807) is 0 Å². The summed E-state index contributed by atoms with van der Waals surface area (Å²) in [5.74, 6) is 2.04. The lowest BCUT2D eigenvalue weighted by Gasteiger charge is -2.32. The molecule has 0 aromatic heterocycles. The Bertz CT molecular complexity index is 1320. The minimum Gasteiger partial charge on any atom is -0.508 e. The highest BCUT2D eigenvalue weighted by Gasteiger charge is 2.30. The van der Waals surface area contributed by atoms with Gasteiger partial charge in [0.1, 0.15) is 17.2 Å². The Balaban J connectivity index is 0.000000235. The number of aromatic hydroxyl groups is 3. The molecule has 4 unspecified atom stereocenters. The first-order chi connectivity index (χ1) is 19.8. The molecule has 0 saturated heterocycles. The topological polar surface area (TPSA) is 60.7 Å². The molecule has 3 nitrogen and oxygen atoms in total. The lowest BCUT2D eigenvalue weighted by Crippen LogP contribution is -2.18. The fourth-order valence-corrected chi connectivity index (χ4v) is 7.04. The zero-order chi connectivity index (χ0) is 31.1. The lowest BCUT2D eigenvalue weighted by molar-refractivity contribution is 0.423. The van der Waals surface area contributed by atoms with Crippen molar-refractivity contribution in [3.63, 3.8) is 0 Å². The van der Waals surface area contributed by atoms with Crippen molar-refractivity contribution in [1.29, 1.82) is 0 Å². The summed E-state index contributed by atoms with van der Waals surface area (Å²) < 4.78 is 0. The van der Waals surface area contributed by atoms with Gasteiger partial charge in [0, 0.05) is 29.0 Å². The molecule has 228 valence electrons. The Kier molecular flexibility index (Phi) is 11.7. The molecule has 3 heteroatoms. The van der Waals surface area contributed by atoms with E-state index in [4.69, 9.17) is 0 Å². The Morgan fingerprint density at radius 1 is 0.738 bits per heavy atom. The first-order valence-electron chi connectivity index (χ1n) is 15.8. The summed E-state index contributed by atoms with van der Waals surface area (Å²) in [6, 6.07) is 7.34. The highest BCUT2D eigenvalue weighted by Crippen LogP contribution is 2.46. The second-order valence-corrected chi connectivity index (χ2v) is 13.1. The molecule has 0 fully saturated rings. The number of allylic oxidation sites excluding steroid dienone is 6. The molecule has 0 radical (unpaired) electrons. The number of phenolic OH excluding ortho intramolecular Hbond substituents is 3. The second kappa shape index (κ2) is 14.8. The van der Waals surface area contributed by atoms with E-state index < -0.39 is 0 Å². The van der Waals surface area contributed by atoms with Gasteiger partial charge in [-0.05, 0) is 121 Å². The van der Waals surface area contributed by atoms with Gasteiger partial charge in [0.15, 0.2) is 0 Å². The van der Waals surface area contributed by atoms with Gasteiger partial charge in [0.2, 0.25) is 0 Å². The van der Waals surface area contributed by atoms with Crippen LogP contribution >= 0.6 is 0 Å². The van der Waals surface area contributed by atoms with Gasteiger partial charge < -0.3 is 15.3 Å². The minimum absolute atomic E-state index is 0.154. The first-order valence-corrected chi connectivity index (χ1v) is 15.8. The van der Waals surface area contributed by atoms with Crippen LogP contribution in [0.2, 0.25) is 0 Å². The quantitative estimate of drug-likeness (QED) is 0.218. The molecule has 42 heavy (non-hydrogen) atoms. The van der Waals surface area contributed by atoms with Crippen molar-refractivity contribution >= 4 is 0 Å². The van der Waals surface area contributed by atoms with Gasteiger partial charge >= 0.3 is 0 Å². The molecular weight excluding hydrogens is 516 g/mol. The maximum absolute atomic E-state index is 10.5. The molecule has 0 amide bonds. The molecule has 0 heterocycles. The highest BCUT2D eigenvalue weighted by molar-refractivity contribution is 5.51. The lowest BCUT2D eigenvalue weighted by atomic mass is 9.72. The zero-order valence-corrected chi connectivity index (χ0v) is 27.2. The van der Waals surface area contributed by atoms with Crippen molar-refractivity contribution < 1.29 is 15.3 Å². The summed E-state index contributed by atoms with van der Waals surface area (Å²) in [4.78, 5) is 0. The van der Waals surface area contributed by atoms with E-state index in [9.17, 15) is 15.3 Å². The normalized spacial score (nSPS) is 22.0. The number of phenols is 3. The second-order valence-electron chi connectivity index (χ2n) is 13.1. The Morgan fingerprint density at radius 3 is 1.76 bits per heavy atom. The molecule has 4 rings (SSSR count). The van der Waals surface area contributed by atoms with E-state index in [1.165, 1.54) is 40.3 Å². The predicted molar refractivity (Wildman–Crippen MR) is 179 cm³/mol. The number of unbranched alkanes of at least 4 members (excludes halogenated alkanes) is 2. The van der Waals surface area contributed by atoms with E-state index in [1.807, 2.05) is 19.1 Å². The summed E-state index contributed by atoms with van der Waals surface area (Å²) >= 11 is 0. The van der Waals surface area contributed by atoms with Crippen molar-refractivity contribution in [3.05, 3.63) is 99.7 Å². The number of rotatable bonds is 8. The van der Waals surface area contributed by atoms with E-state index in [0.29, 0.717) is 17.6 Å². The summed E-state index contributed by atoms with van der Waals surface area (Å²) in [5, 5.41) is 30.8. The van der Waals surface area contributed by atoms with Crippen LogP contribution in [-0.4, -0.2) is 15.3 Å². The molecule has 0 aliphatic heterocycles. The summed E-state index contributed by atoms with van der Waals surface area (Å²) in [6.45, 7) is 23.2. The number of hydrogen-bond donors (Lipinski definition) is 3. The number of benzene rings is 2. The van der Waals surface area contributed by atoms with Crippen LogP contribution in [0.4, 0.5) is 0 Å². The molecule has 3 N–H and O–H groups in total. The average Bonchev–Trinajstić information content (AvgIpc) is 2.88. The summed E-state index contributed by atoms with van der Waals surface area (Å²) in [7, 11) is 0. The van der Waals surface area contributed by atoms with Crippen LogP contribution in [-0.2, 0) is 6.42 Å². The minimum atomic E-state index is 0.154. The van der Waals surface area contributed by atoms with Crippen LogP contribution in [0.25, 0.3) is 0 Å². The SMILES string of the molecule is C=C(C)C1CCC(C)=CC1c1c(C)cc(C)cc1O.C=C(C)C1CCC(C)=CC1c1c(O)cc(O)cc1CCCCC. The Hall–Kier alpha value is -3.20. The molecule has 0 saturated carbocycles. The van der Waals surface area contributed by atoms with Crippen LogP contribution in [0, 0.1) is 25.7 Å². The van der Waals surface area contributed by atoms with Crippen LogP contribution in [0.1, 0.15) is 119 Å². The van der Waals surface area contributed by atoms with Crippen LogP contribution < -0.4 is 0 Å². The van der Waals surface area contributed by atoms with Crippen LogP contribution in [0.15, 0.2) is 71.9 Å². The fraction of sp³-hybridized carbons (Fsp3) is 0.487. The average molecular weight is 571 g/mol. The molecule has 0 spiro atoms. The molecule has 4 atom stereocenters. The monoisotopic (exact) mass is 570 g/mol. The Labute approximate surface area is 255 Å². The number of aryl methyl sites for hydroxylation is 3. The maximum atomic E-state index is 10.5. The standard InChI is InChI=1S/C21H30O2.C18H24O/c1-5-6-7-8-16-12-17(22)13-20(23)21(16)19-11-15(4)9-10-18(19)14(2)3;1-11(2)15-7-6-12(3)9-16(15)18-14(5)8-13(4)10-17(18)19/h11-13,18-19,22-23H,2,5-10H2,1,3-4H3;8-10,15-16,19H,1,6-7H2,2-5H3. The molecule has 0 bridgehead atoms. The summed E-state index contributed by atoms with van der Waals surface area (Å²) in [5.41, 5.74) is 10.6. The van der Waals surface area contributed by atoms with Crippen LogP contribution in [0.3, 0.4) is 0 Å². The van der Waals surface area contributed by atoms with Crippen molar-refractivity contribution in [3.8, 4) is 17.2 Å². The highest BCUT2D eigenvalue weighted by atomic mass is 16.3. The maximum Gasteiger partial charge on any atom is 0.123 e. The van der Waals surface area contributed by atoms with Gasteiger partial charge in [-0.1, -0.05) is 73.4 Å². The molecule has 2 aliphatic carbocycles. The van der Waals surface area contributed by atoms with Crippen molar-refractivity contribution in [2.75, 3.05) is 0 Å². The van der Waals surface area contributed by atoms with Gasteiger partial charge in [-0.15, -0.1) is 0 Å². The number of hydrogen-bond acceptors (Lipinski definition) is 3. The predicted octanol–water partition coefficient (Wildman–Crippen LogP) is 10.9. The van der Waals surface area contributed by atoms with Crippen molar-refractivity contribution in [2.24, 2.45) is 11.8 Å². The third kappa shape index (κ3) is 8.21. The third-order valence-corrected chi connectivity index (χ3v) is 9.21. The smallest absolute Gasteiger partial charge is 0.123 e. The van der Waals surface area contributed by atoms with Gasteiger partial charge in [0.05, 0.1) is 0 Å². The zero-order valence-electron chi connectivity index (χ0n) is 27.2.